The highest BCUT2D eigenvalue weighted by Gasteiger charge is 2.25. The summed E-state index contributed by atoms with van der Waals surface area (Å²) in [5.74, 6) is 0.0307. The van der Waals surface area contributed by atoms with Crippen molar-refractivity contribution < 1.29 is 19.1 Å². The first kappa shape index (κ1) is 17.9. The fraction of sp³-hybridized carbons (Fsp3) is 0.150. The van der Waals surface area contributed by atoms with Crippen LogP contribution in [0.4, 0.5) is 4.79 Å². The molecule has 0 aliphatic carbocycles. The number of ketones is 1. The maximum atomic E-state index is 12.7. The van der Waals surface area contributed by atoms with Gasteiger partial charge in [0.25, 0.3) is 11.1 Å². The van der Waals surface area contributed by atoms with Gasteiger partial charge in [0.2, 0.25) is 0 Å². The van der Waals surface area contributed by atoms with E-state index in [4.69, 9.17) is 4.74 Å². The second-order valence-corrected chi connectivity index (χ2v) is 6.74. The number of rotatable bonds is 6. The molecule has 2 aromatic carbocycles. The molecule has 0 aromatic heterocycles. The maximum Gasteiger partial charge on any atom is 0.290 e. The Kier molecular flexibility index (Phi) is 5.53. The minimum Gasteiger partial charge on any atom is -0.496 e. The molecule has 5 nitrogen and oxygen atoms in total. The monoisotopic (exact) mass is 367 g/mol. The zero-order chi connectivity index (χ0) is 18.5. The van der Waals surface area contributed by atoms with E-state index in [1.165, 1.54) is 7.11 Å². The van der Waals surface area contributed by atoms with Crippen molar-refractivity contribution in [2.24, 2.45) is 0 Å². The van der Waals surface area contributed by atoms with Crippen LogP contribution < -0.4 is 10.1 Å². The Hall–Kier alpha value is -2.86. The van der Waals surface area contributed by atoms with Crippen LogP contribution in [0, 0.1) is 0 Å². The lowest BCUT2D eigenvalue weighted by molar-refractivity contribution is -0.115. The molecular weight excluding hydrogens is 350 g/mol. The Balaban J connectivity index is 1.81. The van der Waals surface area contributed by atoms with Gasteiger partial charge in [0.1, 0.15) is 5.75 Å². The minimum atomic E-state index is -0.423. The number of ether oxygens (including phenoxy) is 1. The zero-order valence-electron chi connectivity index (χ0n) is 14.2. The van der Waals surface area contributed by atoms with Gasteiger partial charge in [0.05, 0.1) is 17.6 Å². The van der Waals surface area contributed by atoms with Crippen LogP contribution in [0.1, 0.15) is 27.9 Å². The first-order chi connectivity index (χ1) is 12.6. The van der Waals surface area contributed by atoms with Gasteiger partial charge in [-0.3, -0.25) is 19.7 Å². The van der Waals surface area contributed by atoms with Crippen molar-refractivity contribution in [1.29, 1.82) is 0 Å². The lowest BCUT2D eigenvalue weighted by Gasteiger charge is -2.09. The molecule has 1 aliphatic rings. The predicted molar refractivity (Wildman–Crippen MR) is 101 cm³/mol. The van der Waals surface area contributed by atoms with Crippen LogP contribution in [-0.4, -0.2) is 24.0 Å². The molecule has 1 N–H and O–H groups in total. The van der Waals surface area contributed by atoms with Crippen LogP contribution in [0.5, 0.6) is 5.75 Å². The number of amides is 2. The first-order valence-corrected chi connectivity index (χ1v) is 8.88. The molecule has 3 rings (SSSR count). The fourth-order valence-corrected chi connectivity index (χ4v) is 3.33. The highest BCUT2D eigenvalue weighted by molar-refractivity contribution is 8.18. The molecule has 0 spiro atoms. The van der Waals surface area contributed by atoms with Gasteiger partial charge in [-0.25, -0.2) is 0 Å². The van der Waals surface area contributed by atoms with E-state index in [1.54, 1.807) is 24.3 Å². The Morgan fingerprint density at radius 3 is 2.58 bits per heavy atom. The Morgan fingerprint density at radius 2 is 1.92 bits per heavy atom. The van der Waals surface area contributed by atoms with E-state index in [2.05, 4.69) is 5.32 Å². The molecule has 0 bridgehead atoms. The van der Waals surface area contributed by atoms with E-state index in [-0.39, 0.29) is 5.78 Å². The number of benzene rings is 2. The number of Topliss-reactive ketones (excluding diaryl/α,β-unsaturated/α-hetero) is 1. The summed E-state index contributed by atoms with van der Waals surface area (Å²) < 4.78 is 5.30. The SMILES string of the molecule is COc1ccc(C=C2SC(=O)NC2=O)cc1C(=O)CCc1ccccc1. The molecule has 1 fully saturated rings. The number of methoxy groups -OCH3 is 1. The molecule has 0 radical (unpaired) electrons. The van der Waals surface area contributed by atoms with E-state index in [9.17, 15) is 14.4 Å². The molecule has 0 unspecified atom stereocenters. The van der Waals surface area contributed by atoms with Crippen LogP contribution in [-0.2, 0) is 11.2 Å². The van der Waals surface area contributed by atoms with E-state index < -0.39 is 11.1 Å². The van der Waals surface area contributed by atoms with Gasteiger partial charge in [0, 0.05) is 6.42 Å². The highest BCUT2D eigenvalue weighted by atomic mass is 32.2. The number of carbonyl (C=O) groups is 3. The van der Waals surface area contributed by atoms with Crippen molar-refractivity contribution in [3.8, 4) is 5.75 Å². The summed E-state index contributed by atoms with van der Waals surface area (Å²) in [6.07, 6.45) is 2.59. The second kappa shape index (κ2) is 8.01. The average Bonchev–Trinajstić information content (AvgIpc) is 2.97. The lowest BCUT2D eigenvalue weighted by atomic mass is 10.00. The number of hydrogen-bond acceptors (Lipinski definition) is 5. The standard InChI is InChI=1S/C20H17NO4S/c1-25-17-10-8-14(12-18-19(23)21-20(24)26-18)11-15(17)16(22)9-7-13-5-3-2-4-6-13/h2-6,8,10-12H,7,9H2,1H3,(H,21,23,24). The quantitative estimate of drug-likeness (QED) is 0.620. The van der Waals surface area contributed by atoms with Gasteiger partial charge in [-0.15, -0.1) is 0 Å². The summed E-state index contributed by atoms with van der Waals surface area (Å²) >= 11 is 0.846. The molecule has 0 saturated carbocycles. The minimum absolute atomic E-state index is 0.0365. The van der Waals surface area contributed by atoms with Crippen molar-refractivity contribution in [2.75, 3.05) is 7.11 Å². The zero-order valence-corrected chi connectivity index (χ0v) is 15.0. The molecule has 1 saturated heterocycles. The van der Waals surface area contributed by atoms with E-state index in [1.807, 2.05) is 30.3 Å². The molecule has 2 aromatic rings. The van der Waals surface area contributed by atoms with Crippen LogP contribution in [0.25, 0.3) is 6.08 Å². The van der Waals surface area contributed by atoms with Crippen LogP contribution in [0.2, 0.25) is 0 Å². The second-order valence-electron chi connectivity index (χ2n) is 5.72. The normalized spacial score (nSPS) is 15.2. The molecule has 26 heavy (non-hydrogen) atoms. The number of aryl methyl sites for hydroxylation is 1. The summed E-state index contributed by atoms with van der Waals surface area (Å²) in [7, 11) is 1.51. The largest absolute Gasteiger partial charge is 0.496 e. The average molecular weight is 367 g/mol. The molecule has 1 aliphatic heterocycles. The van der Waals surface area contributed by atoms with E-state index in [0.717, 1.165) is 17.3 Å². The summed E-state index contributed by atoms with van der Waals surface area (Å²) in [6.45, 7) is 0. The summed E-state index contributed by atoms with van der Waals surface area (Å²) in [4.78, 5) is 35.9. The number of nitrogens with one attached hydrogen (secondary N) is 1. The molecule has 6 heteroatoms. The van der Waals surface area contributed by atoms with Gasteiger partial charge in [-0.05, 0) is 47.5 Å². The Bertz CT molecular complexity index is 890. The van der Waals surface area contributed by atoms with Crippen molar-refractivity contribution in [3.05, 3.63) is 70.1 Å². The van der Waals surface area contributed by atoms with E-state index >= 15 is 0 Å². The topological polar surface area (TPSA) is 72.5 Å². The van der Waals surface area contributed by atoms with Crippen molar-refractivity contribution in [3.63, 3.8) is 0 Å². The van der Waals surface area contributed by atoms with Gasteiger partial charge >= 0.3 is 0 Å². The smallest absolute Gasteiger partial charge is 0.290 e. The van der Waals surface area contributed by atoms with Crippen molar-refractivity contribution in [1.82, 2.24) is 5.32 Å². The Labute approximate surface area is 155 Å². The summed E-state index contributed by atoms with van der Waals surface area (Å²) in [6, 6.07) is 14.9. The first-order valence-electron chi connectivity index (χ1n) is 8.07. The summed E-state index contributed by atoms with van der Waals surface area (Å²) in [5, 5.41) is 1.82. The van der Waals surface area contributed by atoms with Crippen LogP contribution in [0.15, 0.2) is 53.4 Å². The summed E-state index contributed by atoms with van der Waals surface area (Å²) in [5.41, 5.74) is 2.23. The van der Waals surface area contributed by atoms with Gasteiger partial charge < -0.3 is 4.74 Å². The van der Waals surface area contributed by atoms with Crippen LogP contribution >= 0.6 is 11.8 Å². The third kappa shape index (κ3) is 4.21. The van der Waals surface area contributed by atoms with Gasteiger partial charge in [-0.2, -0.15) is 0 Å². The molecular formula is C20H17NO4S. The van der Waals surface area contributed by atoms with Crippen LogP contribution in [0.3, 0.4) is 0 Å². The number of hydrogen-bond donors (Lipinski definition) is 1. The molecule has 0 atom stereocenters. The van der Waals surface area contributed by atoms with Gasteiger partial charge in [0.15, 0.2) is 5.78 Å². The molecule has 1 heterocycles. The third-order valence-corrected chi connectivity index (χ3v) is 4.76. The highest BCUT2D eigenvalue weighted by Crippen LogP contribution is 2.28. The van der Waals surface area contributed by atoms with E-state index in [0.29, 0.717) is 34.6 Å². The molecule has 132 valence electrons. The third-order valence-electron chi connectivity index (χ3n) is 3.95. The number of thioether (sulfide) groups is 1. The van der Waals surface area contributed by atoms with Crippen molar-refractivity contribution >= 4 is 34.8 Å². The lowest BCUT2D eigenvalue weighted by Crippen LogP contribution is -2.17. The maximum absolute atomic E-state index is 12.7. The van der Waals surface area contributed by atoms with Gasteiger partial charge in [-0.1, -0.05) is 36.4 Å². The van der Waals surface area contributed by atoms with Crippen molar-refractivity contribution in [2.45, 2.75) is 12.8 Å². The predicted octanol–water partition coefficient (Wildman–Crippen LogP) is 3.83. The number of imide groups is 1. The number of carbonyl (C=O) groups excluding carboxylic acids is 3. The Morgan fingerprint density at radius 1 is 1.15 bits per heavy atom. The fourth-order valence-electron chi connectivity index (χ4n) is 2.64. The molecule has 2 amide bonds.